The molecular formula is C24H22FN5O4. The summed E-state index contributed by atoms with van der Waals surface area (Å²) in [6, 6.07) is 10.9. The zero-order valence-corrected chi connectivity index (χ0v) is 18.5. The van der Waals surface area contributed by atoms with Gasteiger partial charge in [0.25, 0.3) is 11.5 Å². The zero-order valence-electron chi connectivity index (χ0n) is 18.5. The van der Waals surface area contributed by atoms with Crippen molar-refractivity contribution in [3.05, 3.63) is 92.9 Å². The second-order valence-electron chi connectivity index (χ2n) is 8.15. The molecule has 4 aromatic rings. The summed E-state index contributed by atoms with van der Waals surface area (Å²) in [7, 11) is 1.56. The molecule has 1 saturated heterocycles. The normalized spacial score (nSPS) is 14.1. The van der Waals surface area contributed by atoms with Gasteiger partial charge in [-0.15, -0.1) is 0 Å². The number of aromatic nitrogens is 3. The van der Waals surface area contributed by atoms with Gasteiger partial charge in [0.15, 0.2) is 11.4 Å². The Kier molecular flexibility index (Phi) is 5.48. The van der Waals surface area contributed by atoms with Crippen molar-refractivity contribution < 1.29 is 13.6 Å². The third-order valence-electron chi connectivity index (χ3n) is 6.07. The number of hydrogen-bond donors (Lipinski definition) is 0. The molecule has 4 heterocycles. The molecule has 1 aromatic carbocycles. The van der Waals surface area contributed by atoms with Gasteiger partial charge >= 0.3 is 5.69 Å². The van der Waals surface area contributed by atoms with Crippen molar-refractivity contribution in [3.8, 4) is 0 Å². The second kappa shape index (κ2) is 8.62. The molecule has 1 aliphatic heterocycles. The van der Waals surface area contributed by atoms with Crippen LogP contribution < -0.4 is 16.1 Å². The van der Waals surface area contributed by atoms with Crippen LogP contribution in [0.15, 0.2) is 68.9 Å². The molecule has 9 nitrogen and oxygen atoms in total. The Bertz CT molecular complexity index is 1480. The molecule has 0 radical (unpaired) electrons. The van der Waals surface area contributed by atoms with Crippen LogP contribution in [0.5, 0.6) is 0 Å². The molecule has 174 valence electrons. The summed E-state index contributed by atoms with van der Waals surface area (Å²) in [5, 5.41) is 0.312. The predicted molar refractivity (Wildman–Crippen MR) is 124 cm³/mol. The predicted octanol–water partition coefficient (Wildman–Crippen LogP) is 1.84. The molecule has 34 heavy (non-hydrogen) atoms. The number of fused-ring (bicyclic) bond motifs is 1. The van der Waals surface area contributed by atoms with Gasteiger partial charge in [-0.2, -0.15) is 0 Å². The standard InChI is InChI=1S/C24H22FN5O4/c1-27-21-20(23(32)30(24(27)33)15-16-4-2-5-17(25)14-16)18(7-8-26-21)28-9-11-29(12-10-28)22(31)19-6-3-13-34-19/h2-8,13-14H,9-12,15H2,1H3. The Hall–Kier alpha value is -4.21. The van der Waals surface area contributed by atoms with Gasteiger partial charge in [-0.05, 0) is 35.9 Å². The summed E-state index contributed by atoms with van der Waals surface area (Å²) >= 11 is 0. The van der Waals surface area contributed by atoms with Crippen LogP contribution in [0.25, 0.3) is 11.0 Å². The highest BCUT2D eigenvalue weighted by atomic mass is 19.1. The van der Waals surface area contributed by atoms with E-state index in [0.717, 1.165) is 4.57 Å². The van der Waals surface area contributed by atoms with Crippen LogP contribution in [-0.4, -0.2) is 51.1 Å². The topological polar surface area (TPSA) is 93.6 Å². The lowest BCUT2D eigenvalue weighted by Crippen LogP contribution is -2.49. The number of halogens is 1. The average Bonchev–Trinajstić information content (AvgIpc) is 3.40. The molecule has 1 aliphatic rings. The summed E-state index contributed by atoms with van der Waals surface area (Å²) < 4.78 is 21.3. The third-order valence-corrected chi connectivity index (χ3v) is 6.07. The molecule has 3 aromatic heterocycles. The Labute approximate surface area is 193 Å². The molecule has 0 unspecified atom stereocenters. The van der Waals surface area contributed by atoms with Gasteiger partial charge in [0, 0.05) is 39.4 Å². The monoisotopic (exact) mass is 463 g/mol. The average molecular weight is 463 g/mol. The fraction of sp³-hybridized carbons (Fsp3) is 0.250. The van der Waals surface area contributed by atoms with Crippen LogP contribution in [0.3, 0.4) is 0 Å². The number of nitrogens with zero attached hydrogens (tertiary/aromatic N) is 5. The molecule has 0 saturated carbocycles. The van der Waals surface area contributed by atoms with Crippen molar-refractivity contribution >= 4 is 22.6 Å². The van der Waals surface area contributed by atoms with Gasteiger partial charge in [-0.1, -0.05) is 12.1 Å². The molecule has 0 atom stereocenters. The van der Waals surface area contributed by atoms with Crippen LogP contribution in [0.1, 0.15) is 16.1 Å². The van der Waals surface area contributed by atoms with Gasteiger partial charge in [0.1, 0.15) is 11.2 Å². The molecule has 0 spiro atoms. The van der Waals surface area contributed by atoms with E-state index in [1.807, 2.05) is 4.90 Å². The maximum atomic E-state index is 13.7. The Morgan fingerprint density at radius 2 is 1.88 bits per heavy atom. The number of aryl methyl sites for hydroxylation is 1. The molecule has 10 heteroatoms. The second-order valence-corrected chi connectivity index (χ2v) is 8.15. The number of carbonyl (C=O) groups is 1. The highest BCUT2D eigenvalue weighted by molar-refractivity contribution is 5.92. The van der Waals surface area contributed by atoms with Gasteiger partial charge < -0.3 is 14.2 Å². The summed E-state index contributed by atoms with van der Waals surface area (Å²) in [5.41, 5.74) is 0.412. The Morgan fingerprint density at radius 3 is 2.59 bits per heavy atom. The number of anilines is 1. The minimum atomic E-state index is -0.528. The quantitative estimate of drug-likeness (QED) is 0.459. The van der Waals surface area contributed by atoms with E-state index in [2.05, 4.69) is 4.98 Å². The molecule has 5 rings (SSSR count). The zero-order chi connectivity index (χ0) is 23.8. The molecule has 0 bridgehead atoms. The minimum Gasteiger partial charge on any atom is -0.459 e. The number of benzene rings is 1. The van der Waals surface area contributed by atoms with E-state index in [1.54, 1.807) is 42.4 Å². The van der Waals surface area contributed by atoms with Gasteiger partial charge in [-0.25, -0.2) is 14.2 Å². The molecule has 1 amide bonds. The first-order chi connectivity index (χ1) is 16.4. The lowest BCUT2D eigenvalue weighted by molar-refractivity contribution is 0.0715. The van der Waals surface area contributed by atoms with Crippen molar-refractivity contribution in [3.63, 3.8) is 0 Å². The van der Waals surface area contributed by atoms with E-state index < -0.39 is 17.1 Å². The minimum absolute atomic E-state index is 0.0566. The van der Waals surface area contributed by atoms with Crippen molar-refractivity contribution in [2.24, 2.45) is 7.05 Å². The van der Waals surface area contributed by atoms with Gasteiger partial charge in [-0.3, -0.25) is 18.7 Å². The Morgan fingerprint density at radius 1 is 1.09 bits per heavy atom. The van der Waals surface area contributed by atoms with Crippen LogP contribution in [0.2, 0.25) is 0 Å². The molecule has 0 N–H and O–H groups in total. The van der Waals surface area contributed by atoms with Gasteiger partial charge in [0.05, 0.1) is 18.5 Å². The first kappa shape index (κ1) is 21.6. The fourth-order valence-electron chi connectivity index (χ4n) is 4.32. The summed E-state index contributed by atoms with van der Waals surface area (Å²) in [6.07, 6.45) is 3.03. The molecule has 1 fully saturated rings. The maximum absolute atomic E-state index is 13.7. The van der Waals surface area contributed by atoms with Crippen molar-refractivity contribution in [2.75, 3.05) is 31.1 Å². The van der Waals surface area contributed by atoms with Crippen LogP contribution in [-0.2, 0) is 13.6 Å². The number of amides is 1. The lowest BCUT2D eigenvalue weighted by Gasteiger charge is -2.36. The highest BCUT2D eigenvalue weighted by Crippen LogP contribution is 2.23. The first-order valence-electron chi connectivity index (χ1n) is 10.8. The largest absolute Gasteiger partial charge is 0.459 e. The summed E-state index contributed by atoms with van der Waals surface area (Å²) in [5.74, 6) is -0.324. The van der Waals surface area contributed by atoms with Crippen molar-refractivity contribution in [1.82, 2.24) is 19.0 Å². The number of furan rings is 1. The van der Waals surface area contributed by atoms with Crippen molar-refractivity contribution in [1.29, 1.82) is 0 Å². The first-order valence-corrected chi connectivity index (χ1v) is 10.8. The maximum Gasteiger partial charge on any atom is 0.332 e. The third kappa shape index (κ3) is 3.76. The van der Waals surface area contributed by atoms with Crippen LogP contribution in [0, 0.1) is 5.82 Å². The van der Waals surface area contributed by atoms with E-state index in [0.29, 0.717) is 42.8 Å². The summed E-state index contributed by atoms with van der Waals surface area (Å²) in [4.78, 5) is 47.0. The summed E-state index contributed by atoms with van der Waals surface area (Å²) in [6.45, 7) is 1.84. The number of piperazine rings is 1. The van der Waals surface area contributed by atoms with Gasteiger partial charge in [0.2, 0.25) is 0 Å². The number of pyridine rings is 1. The van der Waals surface area contributed by atoms with E-state index in [9.17, 15) is 18.8 Å². The lowest BCUT2D eigenvalue weighted by atomic mass is 10.2. The van der Waals surface area contributed by atoms with E-state index in [4.69, 9.17) is 4.42 Å². The molecule has 0 aliphatic carbocycles. The van der Waals surface area contributed by atoms with E-state index in [1.165, 1.54) is 29.0 Å². The SMILES string of the molecule is Cn1c(=O)n(Cc2cccc(F)c2)c(=O)c2c(N3CCN(C(=O)c4ccco4)CC3)ccnc21. The molecular weight excluding hydrogens is 441 g/mol. The van der Waals surface area contributed by atoms with Crippen molar-refractivity contribution in [2.45, 2.75) is 6.54 Å². The number of hydrogen-bond acceptors (Lipinski definition) is 6. The van der Waals surface area contributed by atoms with E-state index >= 15 is 0 Å². The Balaban J connectivity index is 1.50. The number of carbonyl (C=O) groups excluding carboxylic acids is 1. The van der Waals surface area contributed by atoms with Crippen LogP contribution in [0.4, 0.5) is 10.1 Å². The number of rotatable bonds is 4. The van der Waals surface area contributed by atoms with Crippen LogP contribution >= 0.6 is 0 Å². The smallest absolute Gasteiger partial charge is 0.332 e. The van der Waals surface area contributed by atoms with E-state index in [-0.39, 0.29) is 23.9 Å². The fourth-order valence-corrected chi connectivity index (χ4v) is 4.32. The highest BCUT2D eigenvalue weighted by Gasteiger charge is 2.26.